The largest absolute Gasteiger partial charge is 0.401 e. The summed E-state index contributed by atoms with van der Waals surface area (Å²) >= 11 is 0. The van der Waals surface area contributed by atoms with Gasteiger partial charge in [-0.2, -0.15) is 18.4 Å². The van der Waals surface area contributed by atoms with Crippen molar-refractivity contribution in [1.82, 2.24) is 4.90 Å². The number of amides is 1. The highest BCUT2D eigenvalue weighted by molar-refractivity contribution is 6.12. The topological polar surface area (TPSA) is 94.0 Å². The Morgan fingerprint density at radius 1 is 1.15 bits per heavy atom. The van der Waals surface area contributed by atoms with Gasteiger partial charge in [-0.1, -0.05) is 18.2 Å². The van der Waals surface area contributed by atoms with Crippen LogP contribution in [0.2, 0.25) is 0 Å². The lowest BCUT2D eigenvalue weighted by Crippen LogP contribution is -2.48. The van der Waals surface area contributed by atoms with Crippen LogP contribution >= 0.6 is 0 Å². The maximum Gasteiger partial charge on any atom is 0.394 e. The zero-order valence-electron chi connectivity index (χ0n) is 18.7. The first-order valence-electron chi connectivity index (χ1n) is 10.4. The Balaban J connectivity index is 1.80. The van der Waals surface area contributed by atoms with Crippen molar-refractivity contribution in [2.24, 2.45) is 5.73 Å². The van der Waals surface area contributed by atoms with Gasteiger partial charge in [0, 0.05) is 35.8 Å². The molecule has 0 spiro atoms. The highest BCUT2D eigenvalue weighted by atomic mass is 19.4. The maximum atomic E-state index is 13.1. The van der Waals surface area contributed by atoms with Crippen molar-refractivity contribution in [1.29, 1.82) is 10.7 Å². The summed E-state index contributed by atoms with van der Waals surface area (Å²) in [5.41, 5.74) is 8.99. The fourth-order valence-corrected chi connectivity index (χ4v) is 3.92. The van der Waals surface area contributed by atoms with Crippen LogP contribution in [0.4, 0.5) is 13.2 Å². The highest BCUT2D eigenvalue weighted by Gasteiger charge is 2.33. The third kappa shape index (κ3) is 5.25. The number of nitrogens with one attached hydrogen (secondary N) is 1. The molecular weight excluding hydrogens is 429 g/mol. The molecule has 2 aromatic rings. The first-order chi connectivity index (χ1) is 15.4. The summed E-state index contributed by atoms with van der Waals surface area (Å²) in [6.45, 7) is 6.00. The van der Waals surface area contributed by atoms with Gasteiger partial charge in [-0.05, 0) is 61.2 Å². The van der Waals surface area contributed by atoms with E-state index in [4.69, 9.17) is 16.4 Å². The van der Waals surface area contributed by atoms with Crippen molar-refractivity contribution >= 4 is 11.6 Å². The van der Waals surface area contributed by atoms with Crippen molar-refractivity contribution in [2.75, 3.05) is 13.1 Å². The van der Waals surface area contributed by atoms with Crippen LogP contribution in [0.15, 0.2) is 47.7 Å². The molecular formula is C25H25F3N4O. The van der Waals surface area contributed by atoms with Crippen LogP contribution in [0.5, 0.6) is 0 Å². The molecule has 1 aliphatic heterocycles. The van der Waals surface area contributed by atoms with E-state index < -0.39 is 18.3 Å². The summed E-state index contributed by atoms with van der Waals surface area (Å²) in [6, 6.07) is 12.7. The van der Waals surface area contributed by atoms with E-state index in [2.05, 4.69) is 6.07 Å². The zero-order valence-corrected chi connectivity index (χ0v) is 18.7. The van der Waals surface area contributed by atoms with E-state index in [1.807, 2.05) is 12.1 Å². The average Bonchev–Trinajstić information content (AvgIpc) is 2.71. The Morgan fingerprint density at radius 3 is 2.27 bits per heavy atom. The summed E-state index contributed by atoms with van der Waals surface area (Å²) in [5.74, 6) is -0.00565. The van der Waals surface area contributed by atoms with Gasteiger partial charge in [0.2, 0.25) is 0 Å². The van der Waals surface area contributed by atoms with Crippen LogP contribution in [0.1, 0.15) is 57.4 Å². The number of nitrogens with two attached hydrogens (primary N) is 1. The number of allylic oxidation sites excluding steroid dienone is 2. The van der Waals surface area contributed by atoms with Gasteiger partial charge in [-0.3, -0.25) is 10.2 Å². The minimum absolute atomic E-state index is 0.0440. The predicted molar refractivity (Wildman–Crippen MR) is 120 cm³/mol. The SMILES string of the molecule is C/C(C(=N)c1cc(C(=O)N2CC(c3ccc(C#N)cc3)C2)c(C)cc1C)=C(/N)CC(F)(F)F. The number of likely N-dealkylation sites (tertiary alicyclic amines) is 1. The maximum absolute atomic E-state index is 13.1. The fraction of sp³-hybridized carbons (Fsp3) is 0.320. The summed E-state index contributed by atoms with van der Waals surface area (Å²) < 4.78 is 38.1. The first kappa shape index (κ1) is 24.1. The number of halogens is 3. The number of benzene rings is 2. The van der Waals surface area contributed by atoms with Crippen molar-refractivity contribution in [2.45, 2.75) is 39.3 Å². The van der Waals surface area contributed by atoms with Crippen LogP contribution in [0.25, 0.3) is 0 Å². The van der Waals surface area contributed by atoms with Crippen molar-refractivity contribution in [3.63, 3.8) is 0 Å². The second-order valence-corrected chi connectivity index (χ2v) is 8.44. The molecule has 1 fully saturated rings. The molecule has 0 unspecified atom stereocenters. The van der Waals surface area contributed by atoms with Gasteiger partial charge in [-0.15, -0.1) is 0 Å². The van der Waals surface area contributed by atoms with Gasteiger partial charge in [0.25, 0.3) is 5.91 Å². The molecule has 172 valence electrons. The molecule has 0 atom stereocenters. The summed E-state index contributed by atoms with van der Waals surface area (Å²) in [5, 5.41) is 17.3. The normalized spacial score (nSPS) is 14.9. The predicted octanol–water partition coefficient (Wildman–Crippen LogP) is 4.97. The standard InChI is InChI=1S/C25H25F3N4O/c1-14-8-15(2)21(9-20(14)23(31)16(3)22(30)10-25(26,27)28)24(33)32-12-19(13-32)18-6-4-17(11-29)5-7-18/h4-9,19,31H,10,12-13,30H2,1-3H3/b22-16-,31-23?. The molecule has 0 aromatic heterocycles. The second kappa shape index (κ2) is 9.10. The number of aryl methyl sites for hydroxylation is 2. The third-order valence-corrected chi connectivity index (χ3v) is 6.00. The molecule has 0 radical (unpaired) electrons. The third-order valence-electron chi connectivity index (χ3n) is 6.00. The van der Waals surface area contributed by atoms with Gasteiger partial charge >= 0.3 is 6.18 Å². The molecule has 3 rings (SSSR count). The van der Waals surface area contributed by atoms with Crippen LogP contribution in [-0.2, 0) is 0 Å². The number of nitriles is 1. The monoisotopic (exact) mass is 454 g/mol. The molecule has 2 aromatic carbocycles. The fourth-order valence-electron chi connectivity index (χ4n) is 3.92. The van der Waals surface area contributed by atoms with E-state index in [9.17, 15) is 18.0 Å². The van der Waals surface area contributed by atoms with Gasteiger partial charge in [0.1, 0.15) is 0 Å². The number of hydrogen-bond acceptors (Lipinski definition) is 4. The lowest BCUT2D eigenvalue weighted by atomic mass is 9.88. The lowest BCUT2D eigenvalue weighted by Gasteiger charge is -2.40. The minimum Gasteiger partial charge on any atom is -0.401 e. The lowest BCUT2D eigenvalue weighted by molar-refractivity contribution is -0.127. The smallest absolute Gasteiger partial charge is 0.394 e. The van der Waals surface area contributed by atoms with E-state index in [0.29, 0.717) is 35.3 Å². The minimum atomic E-state index is -4.46. The van der Waals surface area contributed by atoms with E-state index in [1.165, 1.54) is 6.92 Å². The number of rotatable bonds is 5. The Morgan fingerprint density at radius 2 is 1.73 bits per heavy atom. The quantitative estimate of drug-likeness (QED) is 0.625. The number of nitrogens with zero attached hydrogens (tertiary/aromatic N) is 2. The molecule has 0 saturated carbocycles. The number of alkyl halides is 3. The number of hydrogen-bond donors (Lipinski definition) is 2. The van der Waals surface area contributed by atoms with Crippen LogP contribution in [-0.4, -0.2) is 35.8 Å². The van der Waals surface area contributed by atoms with E-state index in [-0.39, 0.29) is 23.1 Å². The van der Waals surface area contributed by atoms with Crippen LogP contribution in [0.3, 0.4) is 0 Å². The van der Waals surface area contributed by atoms with E-state index >= 15 is 0 Å². The van der Waals surface area contributed by atoms with Crippen LogP contribution < -0.4 is 5.73 Å². The van der Waals surface area contributed by atoms with E-state index in [1.54, 1.807) is 43.0 Å². The molecule has 0 bridgehead atoms. The van der Waals surface area contributed by atoms with Crippen molar-refractivity contribution in [3.8, 4) is 6.07 Å². The zero-order chi connectivity index (χ0) is 24.5. The van der Waals surface area contributed by atoms with Gasteiger partial charge in [0.15, 0.2) is 0 Å². The van der Waals surface area contributed by atoms with Crippen molar-refractivity contribution in [3.05, 3.63) is 81.0 Å². The molecule has 1 amide bonds. The summed E-state index contributed by atoms with van der Waals surface area (Å²) in [4.78, 5) is 14.8. The van der Waals surface area contributed by atoms with Gasteiger partial charge in [-0.25, -0.2) is 0 Å². The summed E-state index contributed by atoms with van der Waals surface area (Å²) in [6.07, 6.45) is -5.75. The summed E-state index contributed by atoms with van der Waals surface area (Å²) in [7, 11) is 0. The Labute approximate surface area is 190 Å². The average molecular weight is 454 g/mol. The molecule has 33 heavy (non-hydrogen) atoms. The Hall–Kier alpha value is -3.60. The second-order valence-electron chi connectivity index (χ2n) is 8.44. The van der Waals surface area contributed by atoms with Gasteiger partial charge < -0.3 is 10.6 Å². The molecule has 1 heterocycles. The molecule has 3 N–H and O–H groups in total. The molecule has 5 nitrogen and oxygen atoms in total. The first-order valence-corrected chi connectivity index (χ1v) is 10.4. The molecule has 8 heteroatoms. The number of carbonyl (C=O) groups excluding carboxylic acids is 1. The van der Waals surface area contributed by atoms with Crippen molar-refractivity contribution < 1.29 is 18.0 Å². The highest BCUT2D eigenvalue weighted by Crippen LogP contribution is 2.30. The van der Waals surface area contributed by atoms with Gasteiger partial charge in [0.05, 0.1) is 23.8 Å². The Bertz CT molecular complexity index is 1170. The number of carbonyl (C=O) groups is 1. The molecule has 1 saturated heterocycles. The molecule has 1 aliphatic rings. The Kier molecular flexibility index (Phi) is 6.63. The van der Waals surface area contributed by atoms with E-state index in [0.717, 1.165) is 11.1 Å². The van der Waals surface area contributed by atoms with Crippen LogP contribution in [0, 0.1) is 30.6 Å². The molecule has 0 aliphatic carbocycles.